The van der Waals surface area contributed by atoms with Gasteiger partial charge in [0.2, 0.25) is 5.91 Å². The van der Waals surface area contributed by atoms with Crippen molar-refractivity contribution in [2.75, 3.05) is 11.9 Å². The smallest absolute Gasteiger partial charge is 0.302 e. The molecule has 2 aromatic heterocycles. The molecular formula is C15H16N6O2. The number of anilines is 1. The topological polar surface area (TPSA) is 118 Å². The first kappa shape index (κ1) is 16.0. The van der Waals surface area contributed by atoms with Gasteiger partial charge in [-0.15, -0.1) is 6.42 Å². The SMILES string of the molecule is C#CCN=C(N)Nc1nc(-c2cccc(CNC(C)=O)n2)co1. The van der Waals surface area contributed by atoms with Crippen LogP contribution in [0.5, 0.6) is 0 Å². The van der Waals surface area contributed by atoms with E-state index in [0.29, 0.717) is 23.6 Å². The van der Waals surface area contributed by atoms with Gasteiger partial charge in [-0.2, -0.15) is 4.98 Å². The van der Waals surface area contributed by atoms with E-state index in [1.165, 1.54) is 13.2 Å². The number of aromatic nitrogens is 2. The minimum absolute atomic E-state index is 0.115. The van der Waals surface area contributed by atoms with Gasteiger partial charge in [0, 0.05) is 6.92 Å². The first-order valence-electron chi connectivity index (χ1n) is 6.75. The third-order valence-electron chi connectivity index (χ3n) is 2.67. The standard InChI is InChI=1S/C15H16N6O2/c1-3-7-17-14(16)21-15-20-13(9-23-15)12-6-4-5-11(19-12)8-18-10(2)22/h1,4-6,9H,7-8H2,2H3,(H,18,22)(H3,16,17,20,21). The molecular weight excluding hydrogens is 296 g/mol. The summed E-state index contributed by atoms with van der Waals surface area (Å²) < 4.78 is 5.26. The molecule has 0 bridgehead atoms. The second-order valence-corrected chi connectivity index (χ2v) is 4.49. The maximum Gasteiger partial charge on any atom is 0.302 e. The summed E-state index contributed by atoms with van der Waals surface area (Å²) in [6, 6.07) is 5.61. The van der Waals surface area contributed by atoms with Crippen molar-refractivity contribution in [1.82, 2.24) is 15.3 Å². The molecule has 4 N–H and O–H groups in total. The van der Waals surface area contributed by atoms with E-state index >= 15 is 0 Å². The highest BCUT2D eigenvalue weighted by atomic mass is 16.4. The maximum absolute atomic E-state index is 10.9. The fraction of sp³-hybridized carbons (Fsp3) is 0.200. The van der Waals surface area contributed by atoms with Crippen LogP contribution < -0.4 is 16.4 Å². The van der Waals surface area contributed by atoms with Gasteiger partial charge < -0.3 is 15.5 Å². The lowest BCUT2D eigenvalue weighted by Crippen LogP contribution is -2.22. The molecule has 2 rings (SSSR count). The average Bonchev–Trinajstić information content (AvgIpc) is 2.99. The van der Waals surface area contributed by atoms with E-state index in [0.717, 1.165) is 0 Å². The molecule has 2 aromatic rings. The summed E-state index contributed by atoms with van der Waals surface area (Å²) in [4.78, 5) is 23.4. The molecule has 0 aliphatic rings. The number of hydrogen-bond acceptors (Lipinski definition) is 5. The third-order valence-corrected chi connectivity index (χ3v) is 2.67. The number of amides is 1. The average molecular weight is 312 g/mol. The zero-order valence-electron chi connectivity index (χ0n) is 12.5. The van der Waals surface area contributed by atoms with Crippen molar-refractivity contribution in [2.24, 2.45) is 10.7 Å². The third kappa shape index (κ3) is 4.86. The molecule has 0 fully saturated rings. The van der Waals surface area contributed by atoms with Crippen LogP contribution in [0.15, 0.2) is 33.9 Å². The van der Waals surface area contributed by atoms with E-state index in [-0.39, 0.29) is 24.4 Å². The Balaban J connectivity index is 2.09. The number of hydrogen-bond donors (Lipinski definition) is 3. The Morgan fingerprint density at radius 2 is 2.26 bits per heavy atom. The van der Waals surface area contributed by atoms with Gasteiger partial charge in [0.25, 0.3) is 0 Å². The second kappa shape index (κ2) is 7.61. The number of nitrogens with two attached hydrogens (primary N) is 1. The molecule has 1 amide bonds. The number of terminal acetylenes is 1. The van der Waals surface area contributed by atoms with Crippen molar-refractivity contribution in [3.05, 3.63) is 30.2 Å². The van der Waals surface area contributed by atoms with Crippen molar-refractivity contribution in [3.8, 4) is 23.7 Å². The van der Waals surface area contributed by atoms with Crippen molar-refractivity contribution in [3.63, 3.8) is 0 Å². The summed E-state index contributed by atoms with van der Waals surface area (Å²) >= 11 is 0. The largest absolute Gasteiger partial charge is 0.431 e. The van der Waals surface area contributed by atoms with Crippen LogP contribution in [-0.2, 0) is 11.3 Å². The molecule has 8 heteroatoms. The molecule has 8 nitrogen and oxygen atoms in total. The number of oxazole rings is 1. The highest BCUT2D eigenvalue weighted by Gasteiger charge is 2.09. The van der Waals surface area contributed by atoms with Crippen LogP contribution in [0.1, 0.15) is 12.6 Å². The van der Waals surface area contributed by atoms with Crippen LogP contribution in [0.2, 0.25) is 0 Å². The van der Waals surface area contributed by atoms with Crippen LogP contribution in [0.3, 0.4) is 0 Å². The fourth-order valence-corrected chi connectivity index (χ4v) is 1.66. The van der Waals surface area contributed by atoms with Crippen LogP contribution in [-0.4, -0.2) is 28.4 Å². The number of carbonyl (C=O) groups is 1. The molecule has 0 aliphatic carbocycles. The van der Waals surface area contributed by atoms with Gasteiger partial charge in [0.15, 0.2) is 5.96 Å². The van der Waals surface area contributed by atoms with E-state index in [9.17, 15) is 4.79 Å². The van der Waals surface area contributed by atoms with E-state index < -0.39 is 0 Å². The van der Waals surface area contributed by atoms with Gasteiger partial charge in [-0.1, -0.05) is 12.0 Å². The van der Waals surface area contributed by atoms with Gasteiger partial charge in [-0.05, 0) is 12.1 Å². The van der Waals surface area contributed by atoms with Crippen molar-refractivity contribution in [2.45, 2.75) is 13.5 Å². The highest BCUT2D eigenvalue weighted by Crippen LogP contribution is 2.18. The van der Waals surface area contributed by atoms with Gasteiger partial charge >= 0.3 is 6.01 Å². The summed E-state index contributed by atoms with van der Waals surface area (Å²) in [5, 5.41) is 5.38. The Morgan fingerprint density at radius 1 is 1.43 bits per heavy atom. The summed E-state index contributed by atoms with van der Waals surface area (Å²) in [5.74, 6) is 2.34. The summed E-state index contributed by atoms with van der Waals surface area (Å²) in [7, 11) is 0. The van der Waals surface area contributed by atoms with Crippen molar-refractivity contribution in [1.29, 1.82) is 0 Å². The Bertz CT molecular complexity index is 759. The van der Waals surface area contributed by atoms with Crippen molar-refractivity contribution >= 4 is 17.9 Å². The van der Waals surface area contributed by atoms with E-state index in [1.54, 1.807) is 6.07 Å². The van der Waals surface area contributed by atoms with Crippen LogP contribution >= 0.6 is 0 Å². The maximum atomic E-state index is 10.9. The number of rotatable bonds is 5. The Labute approximate surface area is 133 Å². The van der Waals surface area contributed by atoms with Gasteiger partial charge in [-0.25, -0.2) is 9.98 Å². The minimum atomic E-state index is -0.119. The summed E-state index contributed by atoms with van der Waals surface area (Å²) in [6.07, 6.45) is 6.54. The highest BCUT2D eigenvalue weighted by molar-refractivity contribution is 5.90. The van der Waals surface area contributed by atoms with E-state index in [2.05, 4.69) is 31.5 Å². The Morgan fingerprint density at radius 3 is 3.00 bits per heavy atom. The van der Waals surface area contributed by atoms with Gasteiger partial charge in [0.1, 0.15) is 18.5 Å². The van der Waals surface area contributed by atoms with Crippen LogP contribution in [0.25, 0.3) is 11.4 Å². The van der Waals surface area contributed by atoms with Gasteiger partial charge in [-0.3, -0.25) is 10.1 Å². The fourth-order valence-electron chi connectivity index (χ4n) is 1.66. The van der Waals surface area contributed by atoms with Crippen LogP contribution in [0.4, 0.5) is 6.01 Å². The van der Waals surface area contributed by atoms with Crippen molar-refractivity contribution < 1.29 is 9.21 Å². The zero-order chi connectivity index (χ0) is 16.7. The predicted molar refractivity (Wildman–Crippen MR) is 86.2 cm³/mol. The molecule has 0 aliphatic heterocycles. The first-order valence-corrected chi connectivity index (χ1v) is 6.75. The zero-order valence-corrected chi connectivity index (χ0v) is 12.5. The van der Waals surface area contributed by atoms with E-state index in [4.69, 9.17) is 16.6 Å². The number of guanidine groups is 1. The molecule has 0 atom stereocenters. The molecule has 0 spiro atoms. The molecule has 118 valence electrons. The number of nitrogens with zero attached hydrogens (tertiary/aromatic N) is 3. The lowest BCUT2D eigenvalue weighted by molar-refractivity contribution is -0.119. The molecule has 2 heterocycles. The monoisotopic (exact) mass is 312 g/mol. The second-order valence-electron chi connectivity index (χ2n) is 4.49. The number of pyridine rings is 1. The molecule has 0 aromatic carbocycles. The molecule has 23 heavy (non-hydrogen) atoms. The predicted octanol–water partition coefficient (Wildman–Crippen LogP) is 0.732. The summed E-state index contributed by atoms with van der Waals surface area (Å²) in [6.45, 7) is 1.96. The first-order chi connectivity index (χ1) is 11.1. The molecule has 0 saturated heterocycles. The van der Waals surface area contributed by atoms with Crippen LogP contribution in [0, 0.1) is 12.3 Å². The lowest BCUT2D eigenvalue weighted by atomic mass is 10.2. The Kier molecular flexibility index (Phi) is 5.30. The molecule has 0 unspecified atom stereocenters. The normalized spacial score (nSPS) is 10.9. The van der Waals surface area contributed by atoms with Gasteiger partial charge in [0.05, 0.1) is 17.9 Å². The summed E-state index contributed by atoms with van der Waals surface area (Å²) in [5.41, 5.74) is 7.48. The minimum Gasteiger partial charge on any atom is -0.431 e. The number of aliphatic imine (C=N–C) groups is 1. The number of nitrogens with one attached hydrogen (secondary N) is 2. The molecule has 0 radical (unpaired) electrons. The van der Waals surface area contributed by atoms with E-state index in [1.807, 2.05) is 12.1 Å². The number of carbonyl (C=O) groups excluding carboxylic acids is 1. The quantitative estimate of drug-likeness (QED) is 0.425. The lowest BCUT2D eigenvalue weighted by Gasteiger charge is -2.03. The molecule has 0 saturated carbocycles. The Hall–Kier alpha value is -3.34.